The highest BCUT2D eigenvalue weighted by Crippen LogP contribution is 2.76. The number of aliphatic carboxylic acids is 1. The molecule has 18 nitrogen and oxygen atoms in total. The molecule has 8 aliphatic rings. The Labute approximate surface area is 380 Å². The molecule has 0 unspecified atom stereocenters. The Bertz CT molecular complexity index is 1820. The van der Waals surface area contributed by atoms with Crippen molar-refractivity contribution < 1.29 is 89.1 Å². The van der Waals surface area contributed by atoms with Gasteiger partial charge in [-0.2, -0.15) is 0 Å². The molecule has 4 saturated carbocycles. The Morgan fingerprint density at radius 2 is 1.25 bits per heavy atom. The Hall–Kier alpha value is -1.88. The van der Waals surface area contributed by atoms with E-state index in [0.717, 1.165) is 44.9 Å². The first-order valence-corrected chi connectivity index (χ1v) is 23.7. The van der Waals surface area contributed by atoms with Gasteiger partial charge in [0.2, 0.25) is 6.29 Å². The van der Waals surface area contributed by atoms with E-state index in [1.165, 1.54) is 5.57 Å². The summed E-state index contributed by atoms with van der Waals surface area (Å²) < 4.78 is 35.0. The first-order valence-electron chi connectivity index (χ1n) is 23.7. The standard InChI is InChI=1S/C47H74O18/c1-42(2)14-16-47(41(59)65-39-33(55)30(52)28(50)23(19-48)61-39)17-15-45(6)21(22(47)18-42)8-9-26-44(5)12-11-27(43(3,4)25(44)10-13-46(26,45)7)62-40-34(56)31(53)35(36(64-40)37(57)58)63-38-32(54)29(51)24(20-49)60-38/h8,22-36,38-40,48-56H,9-20H2,1-7H3,(H,57,58)/t22-,23+,24-,25-,26+,27-,28+,29-,30-,31+,32+,33+,34+,35-,36-,38-,39-,40+,44-,45-,46+,47-/m0/s1. The van der Waals surface area contributed by atoms with Crippen LogP contribution in [0.2, 0.25) is 0 Å². The van der Waals surface area contributed by atoms with Crippen molar-refractivity contribution in [3.8, 4) is 0 Å². The number of hydrogen-bond acceptors (Lipinski definition) is 17. The van der Waals surface area contributed by atoms with Gasteiger partial charge in [-0.05, 0) is 109 Å². The summed E-state index contributed by atoms with van der Waals surface area (Å²) >= 11 is 0. The number of esters is 1. The lowest BCUT2D eigenvalue weighted by molar-refractivity contribution is -0.342. The summed E-state index contributed by atoms with van der Waals surface area (Å²) in [6.45, 7) is 14.6. The molecule has 0 aromatic carbocycles. The third kappa shape index (κ3) is 7.67. The topological polar surface area (TPSA) is 292 Å². The van der Waals surface area contributed by atoms with Gasteiger partial charge < -0.3 is 79.5 Å². The molecule has 3 heterocycles. The number of allylic oxidation sites excluding steroid dienone is 2. The number of aliphatic hydroxyl groups is 9. The minimum Gasteiger partial charge on any atom is -0.479 e. The maximum atomic E-state index is 14.6. The molecule has 65 heavy (non-hydrogen) atoms. The fourth-order valence-electron chi connectivity index (χ4n) is 14.8. The maximum absolute atomic E-state index is 14.6. The molecule has 0 bridgehead atoms. The zero-order valence-corrected chi connectivity index (χ0v) is 38.7. The van der Waals surface area contributed by atoms with Crippen LogP contribution in [0.1, 0.15) is 113 Å². The van der Waals surface area contributed by atoms with E-state index in [4.69, 9.17) is 28.4 Å². The van der Waals surface area contributed by atoms with Crippen molar-refractivity contribution in [1.82, 2.24) is 0 Å². The van der Waals surface area contributed by atoms with Crippen LogP contribution in [0.3, 0.4) is 0 Å². The lowest BCUT2D eigenvalue weighted by Crippen LogP contribution is -2.66. The second-order valence-corrected chi connectivity index (χ2v) is 23.0. The number of carboxylic acid groups (broad SMARTS) is 1. The van der Waals surface area contributed by atoms with Gasteiger partial charge in [0.05, 0.1) is 24.7 Å². The van der Waals surface area contributed by atoms with Crippen LogP contribution in [0.15, 0.2) is 11.6 Å². The molecule has 18 heteroatoms. The summed E-state index contributed by atoms with van der Waals surface area (Å²) in [5.74, 6) is -1.77. The van der Waals surface area contributed by atoms with Crippen LogP contribution in [0.5, 0.6) is 0 Å². The summed E-state index contributed by atoms with van der Waals surface area (Å²) in [7, 11) is 0. The van der Waals surface area contributed by atoms with Crippen molar-refractivity contribution in [2.24, 2.45) is 50.2 Å². The highest BCUT2D eigenvalue weighted by molar-refractivity contribution is 5.79. The largest absolute Gasteiger partial charge is 0.479 e. The fraction of sp³-hybridized carbons (Fsp3) is 0.915. The molecular weight excluding hydrogens is 852 g/mol. The third-order valence-corrected chi connectivity index (χ3v) is 18.9. The van der Waals surface area contributed by atoms with E-state index in [1.54, 1.807) is 0 Å². The van der Waals surface area contributed by atoms with Crippen LogP contribution in [0, 0.1) is 50.2 Å². The van der Waals surface area contributed by atoms with Crippen molar-refractivity contribution in [3.63, 3.8) is 0 Å². The third-order valence-electron chi connectivity index (χ3n) is 18.9. The smallest absolute Gasteiger partial charge is 0.335 e. The molecule has 0 amide bonds. The van der Waals surface area contributed by atoms with Gasteiger partial charge >= 0.3 is 11.9 Å². The first-order chi connectivity index (χ1) is 30.3. The predicted octanol–water partition coefficient (Wildman–Crippen LogP) is 0.872. The van der Waals surface area contributed by atoms with Gasteiger partial charge in [-0.25, -0.2) is 4.79 Å². The number of carbonyl (C=O) groups excluding carboxylic acids is 1. The van der Waals surface area contributed by atoms with Crippen molar-refractivity contribution >= 4 is 11.9 Å². The van der Waals surface area contributed by atoms with Gasteiger partial charge in [-0.3, -0.25) is 4.79 Å². The average Bonchev–Trinajstić information content (AvgIpc) is 3.52. The predicted molar refractivity (Wildman–Crippen MR) is 225 cm³/mol. The summed E-state index contributed by atoms with van der Waals surface area (Å²) in [6.07, 6.45) is -13.2. The molecule has 0 aromatic rings. The van der Waals surface area contributed by atoms with Crippen molar-refractivity contribution in [2.75, 3.05) is 13.2 Å². The molecule has 0 spiro atoms. The van der Waals surface area contributed by atoms with Crippen LogP contribution >= 0.6 is 0 Å². The van der Waals surface area contributed by atoms with E-state index in [-0.39, 0.29) is 39.4 Å². The Morgan fingerprint density at radius 3 is 1.89 bits per heavy atom. The zero-order chi connectivity index (χ0) is 47.6. The van der Waals surface area contributed by atoms with Crippen LogP contribution in [-0.2, 0) is 38.0 Å². The molecule has 10 N–H and O–H groups in total. The highest BCUT2D eigenvalue weighted by atomic mass is 16.8. The number of carboxylic acids is 1. The number of aliphatic hydroxyl groups excluding tert-OH is 9. The molecule has 22 atom stereocenters. The van der Waals surface area contributed by atoms with Crippen LogP contribution in [0.4, 0.5) is 0 Å². The summed E-state index contributed by atoms with van der Waals surface area (Å²) in [6, 6.07) is 0. The van der Waals surface area contributed by atoms with E-state index in [2.05, 4.69) is 54.5 Å². The summed E-state index contributed by atoms with van der Waals surface area (Å²) in [4.78, 5) is 27.2. The Kier molecular flexibility index (Phi) is 13.1. The molecular formula is C47H74O18. The molecule has 0 aromatic heterocycles. The number of rotatable bonds is 9. The minimum absolute atomic E-state index is 0.0645. The number of fused-ring (bicyclic) bond motifs is 7. The summed E-state index contributed by atoms with van der Waals surface area (Å²) in [5.41, 5.74) is -0.800. The van der Waals surface area contributed by atoms with Crippen LogP contribution in [-0.4, -0.2) is 168 Å². The average molecular weight is 927 g/mol. The minimum atomic E-state index is -1.84. The van der Waals surface area contributed by atoms with Crippen LogP contribution in [0.25, 0.3) is 0 Å². The molecule has 3 saturated heterocycles. The van der Waals surface area contributed by atoms with E-state index in [1.807, 2.05) is 0 Å². The molecule has 0 radical (unpaired) electrons. The second-order valence-electron chi connectivity index (χ2n) is 23.0. The Morgan fingerprint density at radius 1 is 0.662 bits per heavy atom. The van der Waals surface area contributed by atoms with Gasteiger partial charge in [0.25, 0.3) is 0 Å². The second kappa shape index (κ2) is 17.2. The highest BCUT2D eigenvalue weighted by Gasteiger charge is 2.70. The summed E-state index contributed by atoms with van der Waals surface area (Å²) in [5, 5.41) is 104. The Balaban J connectivity index is 1.01. The van der Waals surface area contributed by atoms with Gasteiger partial charge in [0.1, 0.15) is 61.0 Å². The lowest BCUT2D eigenvalue weighted by atomic mass is 9.33. The van der Waals surface area contributed by atoms with E-state index in [0.29, 0.717) is 19.3 Å². The lowest BCUT2D eigenvalue weighted by Gasteiger charge is -2.71. The van der Waals surface area contributed by atoms with E-state index in [9.17, 15) is 60.7 Å². The van der Waals surface area contributed by atoms with Crippen molar-refractivity contribution in [2.45, 2.75) is 205 Å². The normalized spacial score (nSPS) is 52.5. The SMILES string of the molecule is CC1(C)CC[C@]2(C(=O)O[C@@H]3O[C@H](CO)[C@@H](O)[C@H](O)[C@H]3O)CC[C@@]3(C)C(=CC[C@@H]4[C@@]5(C)CC[C@H](O[C@@H]6O[C@H](C(=O)O)[C@@H](O[C@@H]7O[C@@H](CO)[C@H](O)[C@H]7O)[C@H](O)[C@H]6O)C(C)(C)[C@@H]5CC[C@]43C)[C@@H]2C1. The molecule has 7 fully saturated rings. The molecule has 5 aliphatic carbocycles. The zero-order valence-electron chi connectivity index (χ0n) is 38.7. The number of hydrogen-bond donors (Lipinski definition) is 10. The fourth-order valence-corrected chi connectivity index (χ4v) is 14.8. The van der Waals surface area contributed by atoms with Crippen molar-refractivity contribution in [3.05, 3.63) is 11.6 Å². The maximum Gasteiger partial charge on any atom is 0.335 e. The quantitative estimate of drug-likeness (QED) is 0.0872. The van der Waals surface area contributed by atoms with Crippen molar-refractivity contribution in [1.29, 1.82) is 0 Å². The van der Waals surface area contributed by atoms with Gasteiger partial charge in [0, 0.05) is 0 Å². The van der Waals surface area contributed by atoms with E-state index >= 15 is 0 Å². The molecule has 8 rings (SSSR count). The van der Waals surface area contributed by atoms with Gasteiger partial charge in [-0.1, -0.05) is 60.1 Å². The molecule has 370 valence electrons. The number of ether oxygens (including phenoxy) is 6. The monoisotopic (exact) mass is 926 g/mol. The van der Waals surface area contributed by atoms with E-state index < -0.39 is 128 Å². The van der Waals surface area contributed by atoms with Gasteiger partial charge in [-0.15, -0.1) is 0 Å². The van der Waals surface area contributed by atoms with Gasteiger partial charge in [0.15, 0.2) is 18.7 Å². The first kappa shape index (κ1) is 49.5. The molecule has 3 aliphatic heterocycles. The number of carbonyl (C=O) groups is 2. The van der Waals surface area contributed by atoms with Crippen LogP contribution < -0.4 is 0 Å².